The average Bonchev–Trinajstić information content (AvgIpc) is 3.41. The van der Waals surface area contributed by atoms with Gasteiger partial charge in [-0.25, -0.2) is 9.97 Å². The molecular weight excluding hydrogens is 352 g/mol. The van der Waals surface area contributed by atoms with Crippen LogP contribution in [0.15, 0.2) is 41.2 Å². The smallest absolute Gasteiger partial charge is 0.258 e. The van der Waals surface area contributed by atoms with E-state index in [2.05, 4.69) is 43.1 Å². The maximum Gasteiger partial charge on any atom is 0.258 e. The van der Waals surface area contributed by atoms with Crippen LogP contribution in [0, 0.1) is 12.3 Å². The molecule has 3 aromatic rings. The molecule has 0 atom stereocenters. The quantitative estimate of drug-likeness (QED) is 0.614. The number of anilines is 1. The number of hydrogen-bond acceptors (Lipinski definition) is 7. The molecule has 1 aromatic carbocycles. The summed E-state index contributed by atoms with van der Waals surface area (Å²) < 4.78 is 5.42. The molecule has 1 aliphatic rings. The SMILES string of the molecule is C#CCN(C)c1cnc(-c2noc(-c3ccc(CN4CCCC4)cc3)n2)cn1. The van der Waals surface area contributed by atoms with Crippen LogP contribution in [0.2, 0.25) is 0 Å². The van der Waals surface area contributed by atoms with Gasteiger partial charge in [0.2, 0.25) is 5.82 Å². The fraction of sp³-hybridized carbons (Fsp3) is 0.333. The number of terminal acetylenes is 1. The van der Waals surface area contributed by atoms with Crippen LogP contribution in [0.3, 0.4) is 0 Å². The van der Waals surface area contributed by atoms with Crippen molar-refractivity contribution in [1.82, 2.24) is 25.0 Å². The molecule has 0 amide bonds. The summed E-state index contributed by atoms with van der Waals surface area (Å²) in [5.74, 6) is 4.15. The van der Waals surface area contributed by atoms with Crippen LogP contribution in [-0.2, 0) is 6.54 Å². The van der Waals surface area contributed by atoms with E-state index in [-0.39, 0.29) is 0 Å². The van der Waals surface area contributed by atoms with Crippen molar-refractivity contribution in [2.45, 2.75) is 19.4 Å². The second-order valence-corrected chi connectivity index (χ2v) is 6.92. The maximum absolute atomic E-state index is 5.42. The molecular formula is C21H22N6O. The Morgan fingerprint density at radius 1 is 1.14 bits per heavy atom. The molecule has 0 unspecified atom stereocenters. The summed E-state index contributed by atoms with van der Waals surface area (Å²) in [5, 5.41) is 4.04. The molecule has 0 aliphatic carbocycles. The van der Waals surface area contributed by atoms with Gasteiger partial charge in [0.05, 0.1) is 18.9 Å². The standard InChI is InChI=1S/C21H22N6O/c1-3-10-26(2)19-14-22-18(13-23-19)20-24-21(28-25-20)17-8-6-16(7-9-17)15-27-11-4-5-12-27/h1,6-9,13-14H,4-5,10-12,15H2,2H3. The Bertz CT molecular complexity index is 952. The van der Waals surface area contributed by atoms with Crippen LogP contribution >= 0.6 is 0 Å². The van der Waals surface area contributed by atoms with Crippen molar-refractivity contribution in [3.8, 4) is 35.3 Å². The van der Waals surface area contributed by atoms with Crippen molar-refractivity contribution in [1.29, 1.82) is 0 Å². The molecule has 0 N–H and O–H groups in total. The summed E-state index contributed by atoms with van der Waals surface area (Å²) in [6.07, 6.45) is 11.2. The van der Waals surface area contributed by atoms with E-state index in [9.17, 15) is 0 Å². The highest BCUT2D eigenvalue weighted by Gasteiger charge is 2.14. The molecule has 1 saturated heterocycles. The summed E-state index contributed by atoms with van der Waals surface area (Å²) >= 11 is 0. The highest BCUT2D eigenvalue weighted by molar-refractivity contribution is 5.57. The lowest BCUT2D eigenvalue weighted by molar-refractivity contribution is 0.331. The molecule has 0 spiro atoms. The van der Waals surface area contributed by atoms with E-state index >= 15 is 0 Å². The van der Waals surface area contributed by atoms with Gasteiger partial charge in [0, 0.05) is 19.2 Å². The second kappa shape index (κ2) is 8.19. The van der Waals surface area contributed by atoms with Crippen molar-refractivity contribution in [2.24, 2.45) is 0 Å². The Hall–Kier alpha value is -3.24. The third-order valence-electron chi connectivity index (χ3n) is 4.82. The summed E-state index contributed by atoms with van der Waals surface area (Å²) in [5.41, 5.74) is 2.74. The van der Waals surface area contributed by atoms with Gasteiger partial charge < -0.3 is 9.42 Å². The molecule has 1 aliphatic heterocycles. The van der Waals surface area contributed by atoms with Crippen molar-refractivity contribution in [2.75, 3.05) is 31.6 Å². The lowest BCUT2D eigenvalue weighted by Gasteiger charge is -2.14. The summed E-state index contributed by atoms with van der Waals surface area (Å²) in [6, 6.07) is 8.28. The zero-order chi connectivity index (χ0) is 19.3. The van der Waals surface area contributed by atoms with E-state index < -0.39 is 0 Å². The van der Waals surface area contributed by atoms with Crippen LogP contribution in [-0.4, -0.2) is 51.7 Å². The highest BCUT2D eigenvalue weighted by atomic mass is 16.5. The first-order valence-corrected chi connectivity index (χ1v) is 9.35. The van der Waals surface area contributed by atoms with Crippen molar-refractivity contribution in [3.05, 3.63) is 42.2 Å². The Balaban J connectivity index is 1.46. The van der Waals surface area contributed by atoms with Gasteiger partial charge in [-0.05, 0) is 43.6 Å². The molecule has 1 fully saturated rings. The van der Waals surface area contributed by atoms with Gasteiger partial charge in [-0.15, -0.1) is 6.42 Å². The topological polar surface area (TPSA) is 71.2 Å². The minimum absolute atomic E-state index is 0.412. The lowest BCUT2D eigenvalue weighted by Crippen LogP contribution is -2.18. The zero-order valence-corrected chi connectivity index (χ0v) is 15.9. The summed E-state index contributed by atoms with van der Waals surface area (Å²) in [4.78, 5) is 17.5. The van der Waals surface area contributed by atoms with Crippen LogP contribution in [0.25, 0.3) is 23.0 Å². The van der Waals surface area contributed by atoms with Gasteiger partial charge in [0.25, 0.3) is 5.89 Å². The first-order valence-electron chi connectivity index (χ1n) is 9.35. The van der Waals surface area contributed by atoms with E-state index in [0.29, 0.717) is 29.8 Å². The Morgan fingerprint density at radius 2 is 1.93 bits per heavy atom. The van der Waals surface area contributed by atoms with E-state index in [1.807, 2.05) is 24.1 Å². The molecule has 7 nitrogen and oxygen atoms in total. The number of aromatic nitrogens is 4. The van der Waals surface area contributed by atoms with E-state index in [4.69, 9.17) is 10.9 Å². The van der Waals surface area contributed by atoms with Crippen molar-refractivity contribution in [3.63, 3.8) is 0 Å². The van der Waals surface area contributed by atoms with E-state index in [1.54, 1.807) is 12.4 Å². The molecule has 28 heavy (non-hydrogen) atoms. The summed E-state index contributed by atoms with van der Waals surface area (Å²) in [6.45, 7) is 3.83. The molecule has 0 bridgehead atoms. The lowest BCUT2D eigenvalue weighted by atomic mass is 10.1. The Kier molecular flexibility index (Phi) is 5.31. The summed E-state index contributed by atoms with van der Waals surface area (Å²) in [7, 11) is 1.86. The minimum Gasteiger partial charge on any atom is -0.347 e. The third kappa shape index (κ3) is 4.02. The normalized spacial score (nSPS) is 14.1. The second-order valence-electron chi connectivity index (χ2n) is 6.92. The molecule has 2 aromatic heterocycles. The number of benzene rings is 1. The zero-order valence-electron chi connectivity index (χ0n) is 15.9. The van der Waals surface area contributed by atoms with E-state index in [1.165, 1.54) is 31.5 Å². The fourth-order valence-corrected chi connectivity index (χ4v) is 3.25. The molecule has 0 saturated carbocycles. The van der Waals surface area contributed by atoms with Crippen molar-refractivity contribution >= 4 is 5.82 Å². The van der Waals surface area contributed by atoms with Crippen molar-refractivity contribution < 1.29 is 4.52 Å². The van der Waals surface area contributed by atoms with Gasteiger partial charge >= 0.3 is 0 Å². The third-order valence-corrected chi connectivity index (χ3v) is 4.82. The number of rotatable bonds is 6. The monoisotopic (exact) mass is 374 g/mol. The molecule has 142 valence electrons. The van der Waals surface area contributed by atoms with Gasteiger partial charge in [0.15, 0.2) is 0 Å². The predicted molar refractivity (Wildman–Crippen MR) is 107 cm³/mol. The number of nitrogens with zero attached hydrogens (tertiary/aromatic N) is 6. The van der Waals surface area contributed by atoms with Crippen LogP contribution < -0.4 is 4.90 Å². The first kappa shape index (κ1) is 18.1. The van der Waals surface area contributed by atoms with Gasteiger partial charge in [-0.3, -0.25) is 4.90 Å². The molecule has 7 heteroatoms. The van der Waals surface area contributed by atoms with E-state index in [0.717, 1.165) is 12.1 Å². The maximum atomic E-state index is 5.42. The highest BCUT2D eigenvalue weighted by Crippen LogP contribution is 2.22. The van der Waals surface area contributed by atoms with Gasteiger partial charge in [-0.2, -0.15) is 4.98 Å². The van der Waals surface area contributed by atoms with Crippen LogP contribution in [0.1, 0.15) is 18.4 Å². The Labute approximate surface area is 164 Å². The van der Waals surface area contributed by atoms with Crippen LogP contribution in [0.4, 0.5) is 5.82 Å². The average molecular weight is 374 g/mol. The first-order chi connectivity index (χ1) is 13.7. The molecule has 0 radical (unpaired) electrons. The van der Waals surface area contributed by atoms with Gasteiger partial charge in [0.1, 0.15) is 11.5 Å². The predicted octanol–water partition coefficient (Wildman–Crippen LogP) is 2.86. The van der Waals surface area contributed by atoms with Crippen LogP contribution in [0.5, 0.6) is 0 Å². The number of hydrogen-bond donors (Lipinski definition) is 0. The largest absolute Gasteiger partial charge is 0.347 e. The molecule has 4 rings (SSSR count). The fourth-order valence-electron chi connectivity index (χ4n) is 3.25. The minimum atomic E-state index is 0.412. The Morgan fingerprint density at radius 3 is 2.61 bits per heavy atom. The van der Waals surface area contributed by atoms with Gasteiger partial charge in [-0.1, -0.05) is 23.2 Å². The molecule has 3 heterocycles. The number of likely N-dealkylation sites (tertiary alicyclic amines) is 1.